The van der Waals surface area contributed by atoms with Crippen molar-refractivity contribution in [1.82, 2.24) is 0 Å². The molecule has 0 saturated heterocycles. The van der Waals surface area contributed by atoms with Crippen molar-refractivity contribution in [3.05, 3.63) is 27.7 Å². The van der Waals surface area contributed by atoms with E-state index < -0.39 is 0 Å². The van der Waals surface area contributed by atoms with E-state index in [1.54, 1.807) is 7.11 Å². The van der Waals surface area contributed by atoms with Gasteiger partial charge in [-0.1, -0.05) is 29.8 Å². The van der Waals surface area contributed by atoms with Gasteiger partial charge >= 0.3 is 0 Å². The Balaban J connectivity index is 2.64. The van der Waals surface area contributed by atoms with Crippen LogP contribution in [0.2, 0.25) is 0 Å². The lowest BCUT2D eigenvalue weighted by atomic mass is 9.89. The van der Waals surface area contributed by atoms with E-state index in [9.17, 15) is 4.79 Å². The molecule has 0 radical (unpaired) electrons. The van der Waals surface area contributed by atoms with Gasteiger partial charge in [0.2, 0.25) is 0 Å². The largest absolute Gasteiger partial charge is 0.496 e. The Bertz CT molecular complexity index is 435. The summed E-state index contributed by atoms with van der Waals surface area (Å²) >= 11 is 3.42. The molecule has 1 aliphatic carbocycles. The molecular weight excluding hydrogens is 256 g/mol. The van der Waals surface area contributed by atoms with E-state index in [0.29, 0.717) is 5.75 Å². The molecule has 0 atom stereocenters. The number of fused-ring (bicyclic) bond motifs is 1. The fourth-order valence-corrected chi connectivity index (χ4v) is 2.57. The van der Waals surface area contributed by atoms with Crippen molar-refractivity contribution in [3.8, 4) is 5.75 Å². The smallest absolute Gasteiger partial charge is 0.172 e. The summed E-state index contributed by atoms with van der Waals surface area (Å²) in [6.45, 7) is 3.95. The number of ether oxygens (including phenoxy) is 1. The van der Waals surface area contributed by atoms with Crippen LogP contribution in [0.1, 0.15) is 29.8 Å². The van der Waals surface area contributed by atoms with Gasteiger partial charge in [-0.25, -0.2) is 0 Å². The van der Waals surface area contributed by atoms with Crippen LogP contribution in [0.15, 0.2) is 16.6 Å². The number of rotatable bonds is 1. The van der Waals surface area contributed by atoms with E-state index in [-0.39, 0.29) is 11.2 Å². The highest BCUT2D eigenvalue weighted by Gasteiger charge is 2.39. The van der Waals surface area contributed by atoms with Gasteiger partial charge in [0.05, 0.1) is 12.7 Å². The van der Waals surface area contributed by atoms with Crippen LogP contribution in [-0.2, 0) is 6.42 Å². The first-order valence-corrected chi connectivity index (χ1v) is 5.66. The molecule has 0 saturated carbocycles. The Kier molecular flexibility index (Phi) is 2.38. The summed E-state index contributed by atoms with van der Waals surface area (Å²) < 4.78 is 6.21. The second kappa shape index (κ2) is 3.34. The van der Waals surface area contributed by atoms with Crippen LogP contribution in [0.25, 0.3) is 0 Å². The molecule has 0 unspecified atom stereocenters. The standard InChI is InChI=1S/C12H13BrO2/c1-12(2)6-7-4-8(13)5-9(15-3)10(7)11(12)14/h4-5H,6H2,1-3H3. The molecule has 1 aliphatic rings. The minimum absolute atomic E-state index is 0.182. The van der Waals surface area contributed by atoms with Gasteiger partial charge in [0.1, 0.15) is 5.75 Å². The first-order chi connectivity index (χ1) is 6.95. The molecule has 0 aliphatic heterocycles. The number of hydrogen-bond donors (Lipinski definition) is 0. The number of carbonyl (C=O) groups excluding carboxylic acids is 1. The SMILES string of the molecule is COc1cc(Br)cc2c1C(=O)C(C)(C)C2. The molecule has 80 valence electrons. The number of ketones is 1. The monoisotopic (exact) mass is 268 g/mol. The fourth-order valence-electron chi connectivity index (χ4n) is 2.09. The van der Waals surface area contributed by atoms with Crippen molar-refractivity contribution < 1.29 is 9.53 Å². The highest BCUT2D eigenvalue weighted by molar-refractivity contribution is 9.10. The minimum Gasteiger partial charge on any atom is -0.496 e. The van der Waals surface area contributed by atoms with Crippen molar-refractivity contribution >= 4 is 21.7 Å². The van der Waals surface area contributed by atoms with Gasteiger partial charge in [0.15, 0.2) is 5.78 Å². The maximum absolute atomic E-state index is 12.1. The highest BCUT2D eigenvalue weighted by Crippen LogP contribution is 2.42. The molecule has 0 heterocycles. The zero-order valence-corrected chi connectivity index (χ0v) is 10.6. The molecule has 2 nitrogen and oxygen atoms in total. The van der Waals surface area contributed by atoms with E-state index >= 15 is 0 Å². The van der Waals surface area contributed by atoms with E-state index in [2.05, 4.69) is 15.9 Å². The van der Waals surface area contributed by atoms with Gasteiger partial charge in [-0.15, -0.1) is 0 Å². The molecule has 0 aromatic heterocycles. The lowest BCUT2D eigenvalue weighted by Gasteiger charge is -2.13. The maximum Gasteiger partial charge on any atom is 0.172 e. The third kappa shape index (κ3) is 1.59. The summed E-state index contributed by atoms with van der Waals surface area (Å²) in [5.74, 6) is 0.858. The van der Waals surface area contributed by atoms with Gasteiger partial charge in [0.25, 0.3) is 0 Å². The Morgan fingerprint density at radius 3 is 2.67 bits per heavy atom. The van der Waals surface area contributed by atoms with Crippen molar-refractivity contribution in [2.45, 2.75) is 20.3 Å². The molecule has 3 heteroatoms. The average Bonchev–Trinajstić information content (AvgIpc) is 2.36. The first-order valence-electron chi connectivity index (χ1n) is 4.87. The summed E-state index contributed by atoms with van der Waals surface area (Å²) in [6, 6.07) is 3.85. The number of benzene rings is 1. The van der Waals surface area contributed by atoms with Gasteiger partial charge < -0.3 is 4.74 Å². The quantitative estimate of drug-likeness (QED) is 0.782. The zero-order chi connectivity index (χ0) is 11.2. The van der Waals surface area contributed by atoms with Crippen molar-refractivity contribution in [3.63, 3.8) is 0 Å². The first kappa shape index (κ1) is 10.7. The highest BCUT2D eigenvalue weighted by atomic mass is 79.9. The Labute approximate surface area is 97.8 Å². The van der Waals surface area contributed by atoms with Gasteiger partial charge in [0, 0.05) is 9.89 Å². The summed E-state index contributed by atoms with van der Waals surface area (Å²) in [7, 11) is 1.60. The molecule has 15 heavy (non-hydrogen) atoms. The molecule has 0 fully saturated rings. The third-order valence-electron chi connectivity index (χ3n) is 2.84. The normalized spacial score (nSPS) is 17.7. The van der Waals surface area contributed by atoms with Crippen molar-refractivity contribution in [1.29, 1.82) is 0 Å². The molecule has 0 spiro atoms. The lowest BCUT2D eigenvalue weighted by Crippen LogP contribution is -2.19. The lowest BCUT2D eigenvalue weighted by molar-refractivity contribution is 0.0861. The molecule has 0 N–H and O–H groups in total. The maximum atomic E-state index is 12.1. The number of hydrogen-bond acceptors (Lipinski definition) is 2. The number of halogens is 1. The second-order valence-electron chi connectivity index (χ2n) is 4.53. The van der Waals surface area contributed by atoms with Crippen LogP contribution in [0.4, 0.5) is 0 Å². The fraction of sp³-hybridized carbons (Fsp3) is 0.417. The van der Waals surface area contributed by atoms with Gasteiger partial charge in [-0.3, -0.25) is 4.79 Å². The van der Waals surface area contributed by atoms with Crippen LogP contribution in [0.5, 0.6) is 5.75 Å². The summed E-state index contributed by atoms with van der Waals surface area (Å²) in [4.78, 5) is 12.1. The third-order valence-corrected chi connectivity index (χ3v) is 3.30. The molecule has 1 aromatic carbocycles. The second-order valence-corrected chi connectivity index (χ2v) is 5.45. The summed E-state index contributed by atoms with van der Waals surface area (Å²) in [5.41, 5.74) is 1.54. The molecule has 2 rings (SSSR count). The Morgan fingerprint density at radius 2 is 2.07 bits per heavy atom. The molecule has 0 amide bonds. The summed E-state index contributed by atoms with van der Waals surface area (Å²) in [6.07, 6.45) is 0.789. The van der Waals surface area contributed by atoms with Gasteiger partial charge in [-0.2, -0.15) is 0 Å². The Hall–Kier alpha value is -0.830. The van der Waals surface area contributed by atoms with E-state index in [0.717, 1.165) is 22.0 Å². The number of carbonyl (C=O) groups is 1. The predicted molar refractivity (Wildman–Crippen MR) is 62.5 cm³/mol. The molecule has 0 bridgehead atoms. The van der Waals surface area contributed by atoms with E-state index in [1.807, 2.05) is 26.0 Å². The van der Waals surface area contributed by atoms with Crippen molar-refractivity contribution in [2.24, 2.45) is 5.41 Å². The van der Waals surface area contributed by atoms with Crippen LogP contribution in [-0.4, -0.2) is 12.9 Å². The summed E-state index contributed by atoms with van der Waals surface area (Å²) in [5, 5.41) is 0. The van der Waals surface area contributed by atoms with Crippen LogP contribution in [0, 0.1) is 5.41 Å². The van der Waals surface area contributed by atoms with Crippen molar-refractivity contribution in [2.75, 3.05) is 7.11 Å². The number of Topliss-reactive ketones (excluding diaryl/α,β-unsaturated/α-hetero) is 1. The topological polar surface area (TPSA) is 26.3 Å². The van der Waals surface area contributed by atoms with Crippen LogP contribution in [0.3, 0.4) is 0 Å². The van der Waals surface area contributed by atoms with Crippen LogP contribution < -0.4 is 4.74 Å². The van der Waals surface area contributed by atoms with E-state index in [4.69, 9.17) is 4.74 Å². The van der Waals surface area contributed by atoms with Crippen LogP contribution >= 0.6 is 15.9 Å². The zero-order valence-electron chi connectivity index (χ0n) is 9.06. The average molecular weight is 269 g/mol. The molecule has 1 aromatic rings. The number of methoxy groups -OCH3 is 1. The minimum atomic E-state index is -0.295. The van der Waals surface area contributed by atoms with Gasteiger partial charge in [-0.05, 0) is 24.1 Å². The predicted octanol–water partition coefficient (Wildman–Crippen LogP) is 3.22. The van der Waals surface area contributed by atoms with E-state index in [1.165, 1.54) is 0 Å². The molecular formula is C12H13BrO2. The Morgan fingerprint density at radius 1 is 1.40 bits per heavy atom.